The Morgan fingerprint density at radius 1 is 1.12 bits per heavy atom. The van der Waals surface area contributed by atoms with Gasteiger partial charge in [0.25, 0.3) is 0 Å². The molecule has 3 rings (SSSR count). The zero-order chi connectivity index (χ0) is 18.5. The molecule has 1 heterocycles. The molecule has 0 spiro atoms. The second kappa shape index (κ2) is 8.32. The van der Waals surface area contributed by atoms with E-state index < -0.39 is 0 Å². The van der Waals surface area contributed by atoms with E-state index in [0.717, 1.165) is 17.5 Å². The van der Waals surface area contributed by atoms with Crippen LogP contribution in [-0.2, 0) is 11.3 Å². The monoisotopic (exact) mass is 365 g/mol. The SMILES string of the molecule is CCC1SC(=NN=Cc2ccc(C)cc2)N(Cc2ccccc2C)C1=O. The number of carbonyl (C=O) groups excluding carboxylic acids is 1. The molecule has 0 aromatic heterocycles. The fourth-order valence-electron chi connectivity index (χ4n) is 2.75. The lowest BCUT2D eigenvalue weighted by atomic mass is 10.1. The molecule has 0 bridgehead atoms. The van der Waals surface area contributed by atoms with Gasteiger partial charge in [0.05, 0.1) is 18.0 Å². The highest BCUT2D eigenvalue weighted by molar-refractivity contribution is 8.15. The highest BCUT2D eigenvalue weighted by Crippen LogP contribution is 2.31. The molecule has 1 aliphatic rings. The molecular weight excluding hydrogens is 342 g/mol. The van der Waals surface area contributed by atoms with E-state index in [9.17, 15) is 4.79 Å². The molecule has 0 N–H and O–H groups in total. The number of carbonyl (C=O) groups is 1. The van der Waals surface area contributed by atoms with Crippen LogP contribution in [0.25, 0.3) is 0 Å². The fraction of sp³-hybridized carbons (Fsp3) is 0.286. The molecule has 0 radical (unpaired) electrons. The van der Waals surface area contributed by atoms with Crippen LogP contribution in [0.2, 0.25) is 0 Å². The van der Waals surface area contributed by atoms with E-state index in [0.29, 0.717) is 11.7 Å². The van der Waals surface area contributed by atoms with Gasteiger partial charge in [0.15, 0.2) is 5.17 Å². The molecule has 1 aliphatic heterocycles. The Morgan fingerprint density at radius 2 is 1.85 bits per heavy atom. The summed E-state index contributed by atoms with van der Waals surface area (Å²) in [5.41, 5.74) is 4.51. The van der Waals surface area contributed by atoms with Crippen molar-refractivity contribution in [1.82, 2.24) is 4.90 Å². The van der Waals surface area contributed by atoms with Crippen LogP contribution < -0.4 is 0 Å². The number of aryl methyl sites for hydroxylation is 2. The van der Waals surface area contributed by atoms with Gasteiger partial charge in [-0.25, -0.2) is 0 Å². The van der Waals surface area contributed by atoms with Crippen molar-refractivity contribution >= 4 is 29.1 Å². The average Bonchev–Trinajstić information content (AvgIpc) is 2.94. The lowest BCUT2D eigenvalue weighted by Gasteiger charge is -2.17. The van der Waals surface area contributed by atoms with Crippen LogP contribution in [0.3, 0.4) is 0 Å². The van der Waals surface area contributed by atoms with Gasteiger partial charge in [0, 0.05) is 0 Å². The molecule has 5 heteroatoms. The second-order valence-corrected chi connectivity index (χ2v) is 7.57. The largest absolute Gasteiger partial charge is 0.284 e. The summed E-state index contributed by atoms with van der Waals surface area (Å²) in [7, 11) is 0. The highest BCUT2D eigenvalue weighted by Gasteiger charge is 2.37. The first-order chi connectivity index (χ1) is 12.6. The standard InChI is InChI=1S/C21H23N3OS/c1-4-19-20(25)24(14-18-8-6-5-7-16(18)3)21(26-19)23-22-13-17-11-9-15(2)10-12-17/h5-13,19H,4,14H2,1-3H3. The molecule has 4 nitrogen and oxygen atoms in total. The van der Waals surface area contributed by atoms with E-state index in [-0.39, 0.29) is 11.2 Å². The Bertz CT molecular complexity index is 843. The average molecular weight is 366 g/mol. The molecular formula is C21H23N3OS. The smallest absolute Gasteiger partial charge is 0.242 e. The van der Waals surface area contributed by atoms with E-state index in [4.69, 9.17) is 0 Å². The van der Waals surface area contributed by atoms with E-state index in [1.54, 1.807) is 11.1 Å². The van der Waals surface area contributed by atoms with Gasteiger partial charge in [0.1, 0.15) is 0 Å². The lowest BCUT2D eigenvalue weighted by molar-refractivity contribution is -0.126. The number of amides is 1. The minimum Gasteiger partial charge on any atom is -0.284 e. The molecule has 134 valence electrons. The maximum absolute atomic E-state index is 12.7. The minimum atomic E-state index is -0.0765. The summed E-state index contributed by atoms with van der Waals surface area (Å²) in [6.07, 6.45) is 2.51. The second-order valence-electron chi connectivity index (χ2n) is 6.40. The Balaban J connectivity index is 1.81. The van der Waals surface area contributed by atoms with E-state index in [2.05, 4.69) is 36.2 Å². The third kappa shape index (κ3) is 4.22. The van der Waals surface area contributed by atoms with Crippen molar-refractivity contribution in [3.63, 3.8) is 0 Å². The number of nitrogens with zero attached hydrogens (tertiary/aromatic N) is 3. The molecule has 0 saturated carbocycles. The Labute approximate surface area is 159 Å². The number of hydrogen-bond donors (Lipinski definition) is 0. The van der Waals surface area contributed by atoms with Gasteiger partial charge in [-0.2, -0.15) is 5.10 Å². The number of benzene rings is 2. The van der Waals surface area contributed by atoms with Crippen LogP contribution in [0, 0.1) is 13.8 Å². The maximum Gasteiger partial charge on any atom is 0.242 e. The first-order valence-corrected chi connectivity index (χ1v) is 9.66. The van der Waals surface area contributed by atoms with Crippen LogP contribution in [0.1, 0.15) is 35.6 Å². The minimum absolute atomic E-state index is 0.0765. The van der Waals surface area contributed by atoms with Gasteiger partial charge in [-0.15, -0.1) is 5.10 Å². The highest BCUT2D eigenvalue weighted by atomic mass is 32.2. The molecule has 1 amide bonds. The zero-order valence-corrected chi connectivity index (χ0v) is 16.2. The maximum atomic E-state index is 12.7. The summed E-state index contributed by atoms with van der Waals surface area (Å²) in [5.74, 6) is 0.116. The van der Waals surface area contributed by atoms with E-state index in [1.807, 2.05) is 43.3 Å². The summed E-state index contributed by atoms with van der Waals surface area (Å²) >= 11 is 1.50. The molecule has 26 heavy (non-hydrogen) atoms. The summed E-state index contributed by atoms with van der Waals surface area (Å²) in [6, 6.07) is 16.2. The Kier molecular flexibility index (Phi) is 5.89. The summed E-state index contributed by atoms with van der Waals surface area (Å²) in [6.45, 7) is 6.68. The number of amidine groups is 1. The van der Waals surface area contributed by atoms with Crippen LogP contribution in [0.5, 0.6) is 0 Å². The number of hydrogen-bond acceptors (Lipinski definition) is 4. The van der Waals surface area contributed by atoms with Crippen molar-refractivity contribution in [2.24, 2.45) is 10.2 Å². The Morgan fingerprint density at radius 3 is 2.54 bits per heavy atom. The van der Waals surface area contributed by atoms with Crippen LogP contribution in [-0.4, -0.2) is 27.4 Å². The topological polar surface area (TPSA) is 45.0 Å². The van der Waals surface area contributed by atoms with Crippen molar-refractivity contribution in [3.05, 3.63) is 70.8 Å². The van der Waals surface area contributed by atoms with Gasteiger partial charge in [0.2, 0.25) is 5.91 Å². The molecule has 1 saturated heterocycles. The van der Waals surface area contributed by atoms with Crippen LogP contribution >= 0.6 is 11.8 Å². The predicted molar refractivity (Wildman–Crippen MR) is 110 cm³/mol. The van der Waals surface area contributed by atoms with E-state index >= 15 is 0 Å². The number of thioether (sulfide) groups is 1. The number of rotatable bonds is 5. The fourth-order valence-corrected chi connectivity index (χ4v) is 3.77. The lowest BCUT2D eigenvalue weighted by Crippen LogP contribution is -2.31. The van der Waals surface area contributed by atoms with Gasteiger partial charge in [-0.05, 0) is 37.0 Å². The van der Waals surface area contributed by atoms with Gasteiger partial charge >= 0.3 is 0 Å². The molecule has 1 atom stereocenters. The van der Waals surface area contributed by atoms with Gasteiger partial charge in [-0.1, -0.05) is 72.8 Å². The predicted octanol–water partition coefficient (Wildman–Crippen LogP) is 4.55. The first-order valence-electron chi connectivity index (χ1n) is 8.78. The first kappa shape index (κ1) is 18.4. The van der Waals surface area contributed by atoms with Crippen molar-refractivity contribution < 1.29 is 4.79 Å². The zero-order valence-electron chi connectivity index (χ0n) is 15.3. The van der Waals surface area contributed by atoms with Gasteiger partial charge < -0.3 is 0 Å². The van der Waals surface area contributed by atoms with Crippen molar-refractivity contribution in [2.45, 2.75) is 39.0 Å². The molecule has 1 unspecified atom stereocenters. The Hall–Kier alpha value is -2.40. The van der Waals surface area contributed by atoms with Crippen molar-refractivity contribution in [1.29, 1.82) is 0 Å². The van der Waals surface area contributed by atoms with E-state index in [1.165, 1.54) is 22.9 Å². The third-order valence-corrected chi connectivity index (χ3v) is 5.74. The molecule has 0 aliphatic carbocycles. The van der Waals surface area contributed by atoms with Crippen LogP contribution in [0.15, 0.2) is 58.7 Å². The molecule has 2 aromatic rings. The molecule has 2 aromatic carbocycles. The third-order valence-electron chi connectivity index (χ3n) is 4.41. The summed E-state index contributed by atoms with van der Waals surface area (Å²) < 4.78 is 0. The molecule has 1 fully saturated rings. The normalized spacial score (nSPS) is 19.0. The summed E-state index contributed by atoms with van der Waals surface area (Å²) in [5, 5.41) is 9.17. The quantitative estimate of drug-likeness (QED) is 0.576. The van der Waals surface area contributed by atoms with Crippen LogP contribution in [0.4, 0.5) is 0 Å². The van der Waals surface area contributed by atoms with Crippen molar-refractivity contribution in [3.8, 4) is 0 Å². The van der Waals surface area contributed by atoms with Crippen molar-refractivity contribution in [2.75, 3.05) is 0 Å². The summed E-state index contributed by atoms with van der Waals surface area (Å²) in [4.78, 5) is 14.5. The van der Waals surface area contributed by atoms with Gasteiger partial charge in [-0.3, -0.25) is 9.69 Å².